The smallest absolute Gasteiger partial charge is 0.330 e. The van der Waals surface area contributed by atoms with Gasteiger partial charge in [0.2, 0.25) is 5.85 Å². The van der Waals surface area contributed by atoms with Crippen molar-refractivity contribution in [3.05, 3.63) is 32.6 Å². The molecule has 2 rings (SSSR count). The van der Waals surface area contributed by atoms with E-state index in [-0.39, 0.29) is 24.1 Å². The van der Waals surface area contributed by atoms with Crippen molar-refractivity contribution in [3.63, 3.8) is 0 Å². The lowest BCUT2D eigenvalue weighted by molar-refractivity contribution is -0.191. The second kappa shape index (κ2) is 7.49. The lowest BCUT2D eigenvalue weighted by Gasteiger charge is -2.23. The van der Waals surface area contributed by atoms with Gasteiger partial charge in [-0.2, -0.15) is 0 Å². The molecular formula is C16H22FN3O5. The zero-order valence-corrected chi connectivity index (χ0v) is 14.0. The van der Waals surface area contributed by atoms with E-state index in [0.717, 1.165) is 6.20 Å². The maximum atomic E-state index is 14.9. The molecule has 4 atom stereocenters. The number of nitrogens with two attached hydrogens (primary N) is 1. The molecule has 2 heterocycles. The maximum absolute atomic E-state index is 14.9. The third-order valence-electron chi connectivity index (χ3n) is 3.89. The molecule has 0 aliphatic carbocycles. The number of nitrogens with zero attached hydrogens (tertiary/aromatic N) is 1. The SMILES string of the molecule is [2H][C@@]1(n2cc(C#C)c(=O)[nH]c2=O)O[C@](F)(COC[C@@H](N)C(C)C)C[C@H]1O. The first-order chi connectivity index (χ1) is 12.0. The minimum absolute atomic E-state index is 0.0631. The molecule has 0 radical (unpaired) electrons. The average molecular weight is 356 g/mol. The molecule has 0 saturated carbocycles. The van der Waals surface area contributed by atoms with Gasteiger partial charge in [0.05, 0.1) is 7.98 Å². The van der Waals surface area contributed by atoms with Gasteiger partial charge in [-0.25, -0.2) is 9.18 Å². The summed E-state index contributed by atoms with van der Waals surface area (Å²) in [5.41, 5.74) is 3.66. The number of aromatic amines is 1. The van der Waals surface area contributed by atoms with E-state index in [4.69, 9.17) is 23.0 Å². The van der Waals surface area contributed by atoms with Crippen LogP contribution in [0.3, 0.4) is 0 Å². The summed E-state index contributed by atoms with van der Waals surface area (Å²) in [6, 6.07) is -0.314. The Balaban J connectivity index is 2.23. The summed E-state index contributed by atoms with van der Waals surface area (Å²) in [6.07, 6.45) is 1.22. The maximum Gasteiger partial charge on any atom is 0.330 e. The van der Waals surface area contributed by atoms with Crippen molar-refractivity contribution in [1.82, 2.24) is 9.55 Å². The number of hydrogen-bond acceptors (Lipinski definition) is 6. The van der Waals surface area contributed by atoms with Crippen molar-refractivity contribution in [2.45, 2.75) is 44.5 Å². The minimum Gasteiger partial charge on any atom is -0.388 e. The van der Waals surface area contributed by atoms with Crippen LogP contribution in [-0.4, -0.2) is 45.9 Å². The van der Waals surface area contributed by atoms with E-state index in [2.05, 4.69) is 0 Å². The van der Waals surface area contributed by atoms with Crippen molar-refractivity contribution < 1.29 is 20.3 Å². The van der Waals surface area contributed by atoms with Crippen molar-refractivity contribution in [2.75, 3.05) is 13.2 Å². The Morgan fingerprint density at radius 3 is 3.00 bits per heavy atom. The highest BCUT2D eigenvalue weighted by molar-refractivity contribution is 5.26. The number of H-pyrrole nitrogens is 1. The first kappa shape index (κ1) is 17.8. The number of aromatic nitrogens is 2. The van der Waals surface area contributed by atoms with Gasteiger partial charge in [-0.15, -0.1) is 6.42 Å². The number of halogens is 1. The second-order valence-electron chi connectivity index (χ2n) is 6.28. The largest absolute Gasteiger partial charge is 0.388 e. The van der Waals surface area contributed by atoms with Gasteiger partial charge in [0, 0.05) is 18.7 Å². The lowest BCUT2D eigenvalue weighted by Crippen LogP contribution is -2.38. The highest BCUT2D eigenvalue weighted by atomic mass is 19.2. The Hall–Kier alpha value is -1.99. The van der Waals surface area contributed by atoms with Crippen LogP contribution in [0.4, 0.5) is 4.39 Å². The Kier molecular flexibility index (Phi) is 5.34. The summed E-state index contributed by atoms with van der Waals surface area (Å²) in [5.74, 6) is -0.347. The van der Waals surface area contributed by atoms with Gasteiger partial charge in [0.15, 0.2) is 6.20 Å². The third kappa shape index (κ3) is 4.35. The first-order valence-electron chi connectivity index (χ1n) is 8.26. The topological polar surface area (TPSA) is 120 Å². The van der Waals surface area contributed by atoms with Crippen LogP contribution in [0.1, 0.15) is 33.4 Å². The molecule has 9 heteroatoms. The molecule has 4 N–H and O–H groups in total. The van der Waals surface area contributed by atoms with Crippen molar-refractivity contribution in [3.8, 4) is 12.3 Å². The molecule has 1 saturated heterocycles. The highest BCUT2D eigenvalue weighted by Gasteiger charge is 2.48. The normalized spacial score (nSPS) is 30.9. The van der Waals surface area contributed by atoms with Gasteiger partial charge in [0.25, 0.3) is 5.56 Å². The van der Waals surface area contributed by atoms with Gasteiger partial charge in [-0.3, -0.25) is 14.3 Å². The third-order valence-corrected chi connectivity index (χ3v) is 3.89. The van der Waals surface area contributed by atoms with E-state index in [1.165, 1.54) is 0 Å². The van der Waals surface area contributed by atoms with Crippen molar-refractivity contribution >= 4 is 0 Å². The Bertz CT molecular complexity index is 819. The minimum atomic E-state index is -2.51. The van der Waals surface area contributed by atoms with Gasteiger partial charge in [0.1, 0.15) is 18.3 Å². The van der Waals surface area contributed by atoms with Crippen LogP contribution >= 0.6 is 0 Å². The number of hydrogen-bond donors (Lipinski definition) is 3. The molecule has 1 aliphatic rings. The molecule has 0 unspecified atom stereocenters. The van der Waals surface area contributed by atoms with Gasteiger partial charge >= 0.3 is 5.69 Å². The highest BCUT2D eigenvalue weighted by Crippen LogP contribution is 2.37. The first-order valence-corrected chi connectivity index (χ1v) is 7.76. The van der Waals surface area contributed by atoms with Crippen molar-refractivity contribution in [1.29, 1.82) is 0 Å². The molecule has 1 aromatic heterocycles. The molecule has 0 amide bonds. The monoisotopic (exact) mass is 356 g/mol. The van der Waals surface area contributed by atoms with E-state index >= 15 is 0 Å². The number of rotatable bonds is 6. The van der Waals surface area contributed by atoms with Crippen LogP contribution in [-0.2, 0) is 9.47 Å². The summed E-state index contributed by atoms with van der Waals surface area (Å²) in [6.45, 7) is 3.25. The standard InChI is InChI=1S/C16H22FN3O5/c1-4-10-6-20(15(23)19-13(10)22)14-12(21)5-16(17,25-14)8-24-7-11(18)9(2)3/h1,6,9,11-12,14,21H,5,7-8,18H2,2-3H3,(H,19,22,23)/t11-,12-,14-,16+/m1/s1/i14D. The molecule has 1 fully saturated rings. The fraction of sp³-hybridized carbons (Fsp3) is 0.625. The number of nitrogens with one attached hydrogen (secondary N) is 1. The van der Waals surface area contributed by atoms with Gasteiger partial charge in [-0.1, -0.05) is 19.8 Å². The fourth-order valence-corrected chi connectivity index (χ4v) is 2.25. The van der Waals surface area contributed by atoms with Crippen LogP contribution in [0.25, 0.3) is 0 Å². The molecule has 138 valence electrons. The second-order valence-corrected chi connectivity index (χ2v) is 6.28. The number of aliphatic hydroxyl groups excluding tert-OH is 1. The predicted octanol–water partition coefficient (Wildman–Crippen LogP) is -0.537. The summed E-state index contributed by atoms with van der Waals surface area (Å²) in [7, 11) is 0. The summed E-state index contributed by atoms with van der Waals surface area (Å²) >= 11 is 0. The lowest BCUT2D eigenvalue weighted by atomic mass is 10.1. The van der Waals surface area contributed by atoms with Crippen LogP contribution < -0.4 is 17.0 Å². The molecule has 25 heavy (non-hydrogen) atoms. The number of alkyl halides is 1. The van der Waals surface area contributed by atoms with E-state index < -0.39 is 42.4 Å². The summed E-state index contributed by atoms with van der Waals surface area (Å²) in [4.78, 5) is 25.4. The number of terminal acetylenes is 1. The van der Waals surface area contributed by atoms with Crippen LogP contribution in [0, 0.1) is 18.3 Å². The van der Waals surface area contributed by atoms with Crippen LogP contribution in [0.5, 0.6) is 0 Å². The van der Waals surface area contributed by atoms with E-state index in [0.29, 0.717) is 4.57 Å². The molecule has 0 bridgehead atoms. The predicted molar refractivity (Wildman–Crippen MR) is 87.5 cm³/mol. The van der Waals surface area contributed by atoms with Gasteiger partial charge < -0.3 is 20.3 Å². The zero-order chi connectivity index (χ0) is 19.7. The Labute approximate surface area is 145 Å². The van der Waals surface area contributed by atoms with E-state index in [1.54, 1.807) is 0 Å². The average Bonchev–Trinajstić information content (AvgIpc) is 2.77. The van der Waals surface area contributed by atoms with Crippen molar-refractivity contribution in [2.24, 2.45) is 11.7 Å². The molecule has 1 aliphatic heterocycles. The van der Waals surface area contributed by atoms with Crippen LogP contribution in [0.2, 0.25) is 0 Å². The molecular weight excluding hydrogens is 333 g/mol. The van der Waals surface area contributed by atoms with Gasteiger partial charge in [-0.05, 0) is 5.92 Å². The Morgan fingerprint density at radius 1 is 1.72 bits per heavy atom. The fourth-order valence-electron chi connectivity index (χ4n) is 2.25. The van der Waals surface area contributed by atoms with E-state index in [1.807, 2.05) is 24.8 Å². The molecule has 1 aromatic rings. The Morgan fingerprint density at radius 2 is 2.40 bits per heavy atom. The number of ether oxygens (including phenoxy) is 2. The molecule has 0 aromatic carbocycles. The molecule has 8 nitrogen and oxygen atoms in total. The van der Waals surface area contributed by atoms with Crippen LogP contribution in [0.15, 0.2) is 15.8 Å². The number of aliphatic hydroxyl groups is 1. The quantitative estimate of drug-likeness (QED) is 0.589. The summed E-state index contributed by atoms with van der Waals surface area (Å²) in [5, 5.41) is 10.2. The molecule has 0 spiro atoms. The summed E-state index contributed by atoms with van der Waals surface area (Å²) < 4.78 is 34.0. The van der Waals surface area contributed by atoms with E-state index in [9.17, 15) is 19.1 Å². The zero-order valence-electron chi connectivity index (χ0n) is 15.0.